The van der Waals surface area contributed by atoms with Crippen molar-refractivity contribution in [3.8, 4) is 5.75 Å². The predicted octanol–water partition coefficient (Wildman–Crippen LogP) is 5.21. The van der Waals surface area contributed by atoms with Crippen molar-refractivity contribution >= 4 is 22.8 Å². The number of hydrogen-bond donors (Lipinski definition) is 0. The molecule has 1 aliphatic rings. The molecule has 0 fully saturated rings. The van der Waals surface area contributed by atoms with Gasteiger partial charge in [0.25, 0.3) is 5.91 Å². The largest absolute Gasteiger partial charge is 0.494 e. The van der Waals surface area contributed by atoms with Crippen LogP contribution in [0.4, 0.5) is 5.95 Å². The lowest BCUT2D eigenvalue weighted by molar-refractivity contribution is 0.0969. The van der Waals surface area contributed by atoms with Gasteiger partial charge in [-0.15, -0.1) is 0 Å². The van der Waals surface area contributed by atoms with E-state index in [1.165, 1.54) is 4.90 Å². The van der Waals surface area contributed by atoms with Gasteiger partial charge in [0, 0.05) is 12.4 Å². The van der Waals surface area contributed by atoms with Crippen molar-refractivity contribution in [1.29, 1.82) is 0 Å². The zero-order valence-electron chi connectivity index (χ0n) is 19.2. The third kappa shape index (κ3) is 3.83. The van der Waals surface area contributed by atoms with Crippen LogP contribution in [-0.2, 0) is 0 Å². The molecule has 1 unspecified atom stereocenters. The molecule has 0 aliphatic carbocycles. The van der Waals surface area contributed by atoms with E-state index in [9.17, 15) is 9.59 Å². The topological polar surface area (TPSA) is 85.5 Å². The number of nitrogens with zero attached hydrogens (tertiary/aromatic N) is 3. The summed E-state index contributed by atoms with van der Waals surface area (Å²) in [6, 6.07) is 13.8. The molecular weight excluding hydrogens is 430 g/mol. The van der Waals surface area contributed by atoms with Gasteiger partial charge in [0.05, 0.1) is 23.6 Å². The molecule has 7 heteroatoms. The Kier molecular flexibility index (Phi) is 5.84. The summed E-state index contributed by atoms with van der Waals surface area (Å²) in [4.78, 5) is 37.3. The molecule has 3 heterocycles. The van der Waals surface area contributed by atoms with Crippen LogP contribution in [0.1, 0.15) is 59.5 Å². The maximum Gasteiger partial charge on any atom is 0.297 e. The van der Waals surface area contributed by atoms with Gasteiger partial charge < -0.3 is 9.15 Å². The van der Waals surface area contributed by atoms with Crippen molar-refractivity contribution in [3.05, 3.63) is 93.6 Å². The molecule has 2 aromatic carbocycles. The van der Waals surface area contributed by atoms with Crippen LogP contribution in [0.5, 0.6) is 5.75 Å². The minimum atomic E-state index is -0.731. The number of aryl methyl sites for hydroxylation is 1. The van der Waals surface area contributed by atoms with Crippen LogP contribution in [-0.4, -0.2) is 22.5 Å². The van der Waals surface area contributed by atoms with Gasteiger partial charge in [-0.3, -0.25) is 14.5 Å². The highest BCUT2D eigenvalue weighted by Crippen LogP contribution is 2.40. The molecule has 0 bridgehead atoms. The fourth-order valence-corrected chi connectivity index (χ4v) is 4.34. The first-order valence-corrected chi connectivity index (χ1v) is 11.5. The molecule has 1 aliphatic heterocycles. The SMILES string of the molecule is CCCCCOc1cccc(C2c3c(oc4ccc(C)cc4c3=O)C(=O)N2c2ncccn2)c1. The van der Waals surface area contributed by atoms with E-state index in [1.54, 1.807) is 30.6 Å². The van der Waals surface area contributed by atoms with Crippen LogP contribution in [0.15, 0.2) is 70.1 Å². The van der Waals surface area contributed by atoms with E-state index in [4.69, 9.17) is 9.15 Å². The average molecular weight is 456 g/mol. The summed E-state index contributed by atoms with van der Waals surface area (Å²) in [6.07, 6.45) is 6.30. The van der Waals surface area contributed by atoms with Gasteiger partial charge in [-0.1, -0.05) is 43.5 Å². The molecule has 0 N–H and O–H groups in total. The summed E-state index contributed by atoms with van der Waals surface area (Å²) in [5, 5.41) is 0.444. The lowest BCUT2D eigenvalue weighted by Gasteiger charge is -2.23. The molecule has 2 aromatic heterocycles. The molecular formula is C27H25N3O4. The Morgan fingerprint density at radius 1 is 1.03 bits per heavy atom. The van der Waals surface area contributed by atoms with E-state index in [2.05, 4.69) is 16.9 Å². The number of amides is 1. The molecule has 0 spiro atoms. The highest BCUT2D eigenvalue weighted by Gasteiger charge is 2.45. The van der Waals surface area contributed by atoms with Gasteiger partial charge in [-0.05, 0) is 49.2 Å². The maximum absolute atomic E-state index is 13.7. The van der Waals surface area contributed by atoms with E-state index >= 15 is 0 Å². The minimum Gasteiger partial charge on any atom is -0.494 e. The van der Waals surface area contributed by atoms with Crippen LogP contribution in [0.25, 0.3) is 11.0 Å². The quantitative estimate of drug-likeness (QED) is 0.356. The third-order valence-corrected chi connectivity index (χ3v) is 5.98. The zero-order chi connectivity index (χ0) is 23.7. The maximum atomic E-state index is 13.7. The molecule has 0 saturated heterocycles. The normalized spacial score (nSPS) is 15.1. The van der Waals surface area contributed by atoms with Crippen molar-refractivity contribution in [2.24, 2.45) is 0 Å². The van der Waals surface area contributed by atoms with Gasteiger partial charge in [-0.2, -0.15) is 0 Å². The van der Waals surface area contributed by atoms with E-state index in [1.807, 2.05) is 37.3 Å². The number of ether oxygens (including phenoxy) is 1. The number of unbranched alkanes of at least 4 members (excludes halogenated alkanes) is 2. The number of carbonyl (C=O) groups excluding carboxylic acids is 1. The van der Waals surface area contributed by atoms with Crippen molar-refractivity contribution in [2.75, 3.05) is 11.5 Å². The average Bonchev–Trinajstić information content (AvgIpc) is 3.15. The lowest BCUT2D eigenvalue weighted by Crippen LogP contribution is -2.31. The Morgan fingerprint density at radius 3 is 2.65 bits per heavy atom. The predicted molar refractivity (Wildman–Crippen MR) is 129 cm³/mol. The van der Waals surface area contributed by atoms with E-state index in [-0.39, 0.29) is 17.1 Å². The third-order valence-electron chi connectivity index (χ3n) is 5.98. The molecule has 34 heavy (non-hydrogen) atoms. The Balaban J connectivity index is 1.67. The first-order chi connectivity index (χ1) is 16.6. The Bertz CT molecular complexity index is 1410. The zero-order valence-corrected chi connectivity index (χ0v) is 19.2. The van der Waals surface area contributed by atoms with Crippen LogP contribution in [0, 0.1) is 6.92 Å². The van der Waals surface area contributed by atoms with Gasteiger partial charge in [0.1, 0.15) is 11.3 Å². The van der Waals surface area contributed by atoms with Crippen molar-refractivity contribution in [3.63, 3.8) is 0 Å². The van der Waals surface area contributed by atoms with Crippen LogP contribution in [0.3, 0.4) is 0 Å². The molecule has 172 valence electrons. The fraction of sp³-hybridized carbons (Fsp3) is 0.259. The number of rotatable bonds is 7. The van der Waals surface area contributed by atoms with E-state index in [0.717, 1.165) is 30.4 Å². The van der Waals surface area contributed by atoms with Crippen molar-refractivity contribution < 1.29 is 13.9 Å². The monoisotopic (exact) mass is 455 g/mol. The second kappa shape index (κ2) is 9.09. The molecule has 1 atom stereocenters. The standard InChI is InChI=1S/C27H25N3O4/c1-3-4-5-14-33-19-9-6-8-18(16-19)23-22-24(31)20-15-17(2)10-11-21(20)34-25(22)26(32)30(23)27-28-12-7-13-29-27/h6-13,15-16,23H,3-5,14H2,1-2H3. The number of benzene rings is 2. The van der Waals surface area contributed by atoms with E-state index in [0.29, 0.717) is 28.9 Å². The van der Waals surface area contributed by atoms with Crippen molar-refractivity contribution in [2.45, 2.75) is 39.2 Å². The number of hydrogen-bond acceptors (Lipinski definition) is 6. The van der Waals surface area contributed by atoms with Crippen molar-refractivity contribution in [1.82, 2.24) is 9.97 Å². The van der Waals surface area contributed by atoms with Gasteiger partial charge in [0.2, 0.25) is 11.7 Å². The van der Waals surface area contributed by atoms with Gasteiger partial charge in [-0.25, -0.2) is 9.97 Å². The molecule has 4 aromatic rings. The molecule has 7 nitrogen and oxygen atoms in total. The highest BCUT2D eigenvalue weighted by molar-refractivity contribution is 6.09. The first-order valence-electron chi connectivity index (χ1n) is 11.5. The second-order valence-electron chi connectivity index (χ2n) is 8.43. The Labute approximate surface area is 197 Å². The molecule has 0 radical (unpaired) electrons. The number of aromatic nitrogens is 2. The molecule has 1 amide bonds. The molecule has 0 saturated carbocycles. The smallest absolute Gasteiger partial charge is 0.297 e. The van der Waals surface area contributed by atoms with Crippen LogP contribution < -0.4 is 15.1 Å². The Morgan fingerprint density at radius 2 is 1.85 bits per heavy atom. The molecule has 5 rings (SSSR count). The summed E-state index contributed by atoms with van der Waals surface area (Å²) < 4.78 is 11.9. The summed E-state index contributed by atoms with van der Waals surface area (Å²) in [7, 11) is 0. The minimum absolute atomic E-state index is 0.0214. The fourth-order valence-electron chi connectivity index (χ4n) is 4.34. The number of anilines is 1. The van der Waals surface area contributed by atoms with Gasteiger partial charge in [0.15, 0.2) is 5.43 Å². The van der Waals surface area contributed by atoms with Crippen LogP contribution in [0.2, 0.25) is 0 Å². The van der Waals surface area contributed by atoms with E-state index < -0.39 is 11.9 Å². The summed E-state index contributed by atoms with van der Waals surface area (Å²) in [6.45, 7) is 4.67. The number of carbonyl (C=O) groups is 1. The Hall–Kier alpha value is -4.00. The summed E-state index contributed by atoms with van der Waals surface area (Å²) in [5.74, 6) is 0.468. The highest BCUT2D eigenvalue weighted by atomic mass is 16.5. The lowest BCUT2D eigenvalue weighted by atomic mass is 9.98. The summed E-state index contributed by atoms with van der Waals surface area (Å²) >= 11 is 0. The number of fused-ring (bicyclic) bond motifs is 2. The van der Waals surface area contributed by atoms with Crippen LogP contribution >= 0.6 is 0 Å². The second-order valence-corrected chi connectivity index (χ2v) is 8.43. The van der Waals surface area contributed by atoms with Gasteiger partial charge >= 0.3 is 0 Å². The summed E-state index contributed by atoms with van der Waals surface area (Å²) in [5.41, 5.74) is 2.10. The first kappa shape index (κ1) is 21.8.